The SMILES string of the molecule is COc1cccc(N2C(=O)C(=Cc3ccc([N+](=O)[O-])s3)C(=O)NC2=S)c1. The molecule has 26 heavy (non-hydrogen) atoms. The summed E-state index contributed by atoms with van der Waals surface area (Å²) < 4.78 is 5.14. The molecule has 10 heteroatoms. The van der Waals surface area contributed by atoms with Crippen LogP contribution in [0.2, 0.25) is 0 Å². The molecule has 1 aliphatic rings. The zero-order chi connectivity index (χ0) is 18.8. The summed E-state index contributed by atoms with van der Waals surface area (Å²) in [5.74, 6) is -0.757. The Bertz CT molecular complexity index is 966. The molecule has 0 aliphatic carbocycles. The Morgan fingerprint density at radius 1 is 1.31 bits per heavy atom. The van der Waals surface area contributed by atoms with Crippen molar-refractivity contribution in [2.45, 2.75) is 0 Å². The molecule has 132 valence electrons. The number of carbonyl (C=O) groups is 2. The van der Waals surface area contributed by atoms with E-state index in [4.69, 9.17) is 17.0 Å². The van der Waals surface area contributed by atoms with E-state index in [0.29, 0.717) is 16.3 Å². The average molecular weight is 389 g/mol. The number of rotatable bonds is 4. The molecule has 1 aromatic heterocycles. The topological polar surface area (TPSA) is 102 Å². The molecule has 1 N–H and O–H groups in total. The van der Waals surface area contributed by atoms with Gasteiger partial charge in [-0.05, 0) is 36.5 Å². The van der Waals surface area contributed by atoms with Crippen LogP contribution < -0.4 is 15.0 Å². The number of methoxy groups -OCH3 is 1. The van der Waals surface area contributed by atoms with E-state index in [1.165, 1.54) is 30.2 Å². The summed E-state index contributed by atoms with van der Waals surface area (Å²) >= 11 is 5.98. The van der Waals surface area contributed by atoms with Gasteiger partial charge >= 0.3 is 5.00 Å². The highest BCUT2D eigenvalue weighted by atomic mass is 32.1. The number of hydrogen-bond donors (Lipinski definition) is 1. The van der Waals surface area contributed by atoms with Crippen LogP contribution in [0.25, 0.3) is 6.08 Å². The first kappa shape index (κ1) is 17.7. The van der Waals surface area contributed by atoms with Gasteiger partial charge in [-0.2, -0.15) is 0 Å². The van der Waals surface area contributed by atoms with Gasteiger partial charge < -0.3 is 4.74 Å². The van der Waals surface area contributed by atoms with Crippen LogP contribution >= 0.6 is 23.6 Å². The van der Waals surface area contributed by atoms with Crippen LogP contribution in [0, 0.1) is 10.1 Å². The molecular weight excluding hydrogens is 378 g/mol. The number of carbonyl (C=O) groups excluding carboxylic acids is 2. The van der Waals surface area contributed by atoms with Crippen molar-refractivity contribution in [1.82, 2.24) is 5.32 Å². The van der Waals surface area contributed by atoms with Crippen LogP contribution in [0.3, 0.4) is 0 Å². The normalized spacial score (nSPS) is 16.0. The van der Waals surface area contributed by atoms with Crippen molar-refractivity contribution < 1.29 is 19.2 Å². The molecule has 8 nitrogen and oxygen atoms in total. The third kappa shape index (κ3) is 3.32. The number of hydrogen-bond acceptors (Lipinski definition) is 7. The Balaban J connectivity index is 1.99. The number of amides is 2. The molecule has 1 aliphatic heterocycles. The number of thiocarbonyl (C=S) groups is 1. The monoisotopic (exact) mass is 389 g/mol. The highest BCUT2D eigenvalue weighted by molar-refractivity contribution is 7.80. The summed E-state index contributed by atoms with van der Waals surface area (Å²) in [4.78, 5) is 36.9. The Morgan fingerprint density at radius 3 is 2.73 bits per heavy atom. The van der Waals surface area contributed by atoms with Crippen molar-refractivity contribution in [2.24, 2.45) is 0 Å². The third-order valence-electron chi connectivity index (χ3n) is 3.49. The highest BCUT2D eigenvalue weighted by Gasteiger charge is 2.34. The van der Waals surface area contributed by atoms with Crippen LogP contribution in [-0.4, -0.2) is 29.0 Å². The van der Waals surface area contributed by atoms with Gasteiger partial charge in [0.15, 0.2) is 5.11 Å². The molecule has 1 fully saturated rings. The second-order valence-electron chi connectivity index (χ2n) is 5.09. The summed E-state index contributed by atoms with van der Waals surface area (Å²) in [5, 5.41) is 13.1. The van der Waals surface area contributed by atoms with Gasteiger partial charge in [0.05, 0.1) is 17.7 Å². The van der Waals surface area contributed by atoms with Gasteiger partial charge in [-0.3, -0.25) is 29.9 Å². The predicted octanol–water partition coefficient (Wildman–Crippen LogP) is 2.50. The molecule has 0 radical (unpaired) electrons. The number of anilines is 1. The number of thiophene rings is 1. The Morgan fingerprint density at radius 2 is 2.08 bits per heavy atom. The van der Waals surface area contributed by atoms with E-state index in [1.54, 1.807) is 24.3 Å². The molecular formula is C16H11N3O5S2. The zero-order valence-electron chi connectivity index (χ0n) is 13.3. The maximum Gasteiger partial charge on any atom is 0.324 e. The number of nitro groups is 1. The minimum absolute atomic E-state index is 0.0532. The lowest BCUT2D eigenvalue weighted by molar-refractivity contribution is -0.380. The Labute approximate surface area is 156 Å². The molecule has 0 spiro atoms. The standard InChI is InChI=1S/C16H11N3O5S2/c1-24-10-4-2-3-9(7-10)18-15(21)12(14(20)17-16(18)25)8-11-5-6-13(26-11)19(22)23/h2-8H,1H3,(H,17,20,25). The van der Waals surface area contributed by atoms with E-state index in [9.17, 15) is 19.7 Å². The lowest BCUT2D eigenvalue weighted by atomic mass is 10.1. The molecule has 2 aromatic rings. The maximum absolute atomic E-state index is 12.8. The lowest BCUT2D eigenvalue weighted by Crippen LogP contribution is -2.54. The second-order valence-corrected chi connectivity index (χ2v) is 6.57. The Kier molecular flexibility index (Phi) is 4.78. The first-order valence-electron chi connectivity index (χ1n) is 7.20. The number of benzene rings is 1. The fraction of sp³-hybridized carbons (Fsp3) is 0.0625. The van der Waals surface area contributed by atoms with Crippen LogP contribution in [-0.2, 0) is 9.59 Å². The van der Waals surface area contributed by atoms with Gasteiger partial charge in [-0.15, -0.1) is 0 Å². The van der Waals surface area contributed by atoms with Crippen LogP contribution in [0.1, 0.15) is 4.88 Å². The van der Waals surface area contributed by atoms with Gasteiger partial charge in [0.25, 0.3) is 11.8 Å². The van der Waals surface area contributed by atoms with E-state index in [-0.39, 0.29) is 15.7 Å². The maximum atomic E-state index is 12.8. The number of nitrogens with one attached hydrogen (secondary N) is 1. The van der Waals surface area contributed by atoms with Crippen LogP contribution in [0.15, 0.2) is 42.0 Å². The zero-order valence-corrected chi connectivity index (χ0v) is 14.9. The van der Waals surface area contributed by atoms with E-state index >= 15 is 0 Å². The summed E-state index contributed by atoms with van der Waals surface area (Å²) in [7, 11) is 1.49. The molecule has 2 amide bonds. The summed E-state index contributed by atoms with van der Waals surface area (Å²) in [6.07, 6.45) is 1.31. The van der Waals surface area contributed by atoms with Gasteiger partial charge in [-0.1, -0.05) is 17.4 Å². The largest absolute Gasteiger partial charge is 0.497 e. The molecule has 3 rings (SSSR count). The fourth-order valence-electron chi connectivity index (χ4n) is 2.30. The van der Waals surface area contributed by atoms with Crippen molar-refractivity contribution in [1.29, 1.82) is 0 Å². The third-order valence-corrected chi connectivity index (χ3v) is 4.76. The fourth-order valence-corrected chi connectivity index (χ4v) is 3.35. The first-order valence-corrected chi connectivity index (χ1v) is 8.43. The first-order chi connectivity index (χ1) is 12.4. The second kappa shape index (κ2) is 7.02. The van der Waals surface area contributed by atoms with Crippen molar-refractivity contribution in [2.75, 3.05) is 12.0 Å². The van der Waals surface area contributed by atoms with E-state index in [1.807, 2.05) is 0 Å². The molecule has 1 aromatic carbocycles. The van der Waals surface area contributed by atoms with E-state index in [2.05, 4.69) is 5.32 Å². The van der Waals surface area contributed by atoms with Gasteiger partial charge in [0.2, 0.25) is 0 Å². The van der Waals surface area contributed by atoms with E-state index in [0.717, 1.165) is 11.3 Å². The van der Waals surface area contributed by atoms with Crippen molar-refractivity contribution >= 4 is 57.2 Å². The van der Waals surface area contributed by atoms with Crippen LogP contribution in [0.4, 0.5) is 10.7 Å². The minimum Gasteiger partial charge on any atom is -0.497 e. The summed E-state index contributed by atoms with van der Waals surface area (Å²) in [6, 6.07) is 9.44. The quantitative estimate of drug-likeness (QED) is 0.283. The number of ether oxygens (including phenoxy) is 1. The highest BCUT2D eigenvalue weighted by Crippen LogP contribution is 2.29. The van der Waals surface area contributed by atoms with Gasteiger partial charge in [-0.25, -0.2) is 0 Å². The van der Waals surface area contributed by atoms with Crippen molar-refractivity contribution in [3.8, 4) is 5.75 Å². The summed E-state index contributed by atoms with van der Waals surface area (Å²) in [5.41, 5.74) is 0.264. The molecule has 2 heterocycles. The molecule has 0 saturated carbocycles. The van der Waals surface area contributed by atoms with Crippen molar-refractivity contribution in [3.63, 3.8) is 0 Å². The molecule has 1 saturated heterocycles. The summed E-state index contributed by atoms with van der Waals surface area (Å²) in [6.45, 7) is 0. The van der Waals surface area contributed by atoms with E-state index < -0.39 is 16.7 Å². The van der Waals surface area contributed by atoms with Crippen LogP contribution in [0.5, 0.6) is 5.75 Å². The van der Waals surface area contributed by atoms with Gasteiger partial charge in [0, 0.05) is 17.0 Å². The minimum atomic E-state index is -0.657. The molecule has 0 unspecified atom stereocenters. The molecule has 0 bridgehead atoms. The number of nitrogens with zero attached hydrogens (tertiary/aromatic N) is 2. The smallest absolute Gasteiger partial charge is 0.324 e. The predicted molar refractivity (Wildman–Crippen MR) is 100 cm³/mol. The van der Waals surface area contributed by atoms with Gasteiger partial charge in [0.1, 0.15) is 11.3 Å². The Hall–Kier alpha value is -3.11. The average Bonchev–Trinajstić information content (AvgIpc) is 3.08. The molecule has 0 atom stereocenters. The lowest BCUT2D eigenvalue weighted by Gasteiger charge is -2.29. The van der Waals surface area contributed by atoms with Crippen molar-refractivity contribution in [3.05, 3.63) is 57.0 Å².